The quantitative estimate of drug-likeness (QED) is 0.178. The summed E-state index contributed by atoms with van der Waals surface area (Å²) in [6.07, 6.45) is 0.402. The summed E-state index contributed by atoms with van der Waals surface area (Å²) in [5, 5.41) is 2.93. The van der Waals surface area contributed by atoms with Gasteiger partial charge < -0.3 is 15.0 Å². The van der Waals surface area contributed by atoms with Gasteiger partial charge in [0.25, 0.3) is 0 Å². The lowest BCUT2D eigenvalue weighted by molar-refractivity contribution is -0.137. The number of likely N-dealkylation sites (tertiary alicyclic amines) is 1. The van der Waals surface area contributed by atoms with E-state index in [9.17, 15) is 14.4 Å². The van der Waals surface area contributed by atoms with Gasteiger partial charge in [-0.1, -0.05) is 121 Å². The monoisotopic (exact) mass is 648 g/mol. The molecule has 0 saturated carbocycles. The molecule has 4 aromatic rings. The van der Waals surface area contributed by atoms with E-state index >= 15 is 0 Å². The molecule has 0 aromatic heterocycles. The molecule has 0 unspecified atom stereocenters. The second-order valence-electron chi connectivity index (χ2n) is 13.1. The molecule has 1 atom stereocenters. The van der Waals surface area contributed by atoms with E-state index in [1.165, 1.54) is 0 Å². The van der Waals surface area contributed by atoms with Gasteiger partial charge in [-0.05, 0) is 62.8 Å². The lowest BCUT2D eigenvalue weighted by Gasteiger charge is -2.42. The van der Waals surface area contributed by atoms with Crippen LogP contribution in [0.4, 0.5) is 4.79 Å². The van der Waals surface area contributed by atoms with Crippen LogP contribution in [0.3, 0.4) is 0 Å². The lowest BCUT2D eigenvalue weighted by atomic mass is 9.70. The highest BCUT2D eigenvalue weighted by Crippen LogP contribution is 2.48. The Balaban J connectivity index is 1.48. The topological polar surface area (TPSA) is 75.7 Å². The fourth-order valence-corrected chi connectivity index (χ4v) is 8.08. The SMILES string of the molecule is CC(=O)C1(c2ccccc2)CCN(C(=O)[C@H](CSC(c2ccccc2)(c2ccccc2)c2ccccc2)NC(=O)OC(C)(C)C)CC1. The van der Waals surface area contributed by atoms with Crippen molar-refractivity contribution in [3.05, 3.63) is 144 Å². The Hall–Kier alpha value is -4.36. The Labute approximate surface area is 282 Å². The molecule has 6 nitrogen and oxygen atoms in total. The number of benzene rings is 4. The van der Waals surface area contributed by atoms with Crippen LogP contribution in [0.2, 0.25) is 0 Å². The van der Waals surface area contributed by atoms with Crippen molar-refractivity contribution in [2.75, 3.05) is 18.8 Å². The number of hydrogen-bond acceptors (Lipinski definition) is 5. The van der Waals surface area contributed by atoms with Crippen LogP contribution in [0.5, 0.6) is 0 Å². The molecule has 2 amide bonds. The van der Waals surface area contributed by atoms with Crippen molar-refractivity contribution in [1.29, 1.82) is 0 Å². The molecule has 244 valence electrons. The van der Waals surface area contributed by atoms with E-state index in [0.717, 1.165) is 22.3 Å². The molecular formula is C40H44N2O4S. The number of ether oxygens (including phenoxy) is 1. The number of alkyl carbamates (subject to hydrolysis) is 1. The Bertz CT molecular complexity index is 1540. The Morgan fingerprint density at radius 3 is 1.57 bits per heavy atom. The van der Waals surface area contributed by atoms with Crippen molar-refractivity contribution in [3.8, 4) is 0 Å². The number of Topliss-reactive ketones (excluding diaryl/α,β-unsaturated/α-hetero) is 1. The number of piperidine rings is 1. The van der Waals surface area contributed by atoms with Gasteiger partial charge in [-0.3, -0.25) is 9.59 Å². The number of nitrogens with zero attached hydrogens (tertiary/aromatic N) is 1. The molecular weight excluding hydrogens is 605 g/mol. The number of carbonyl (C=O) groups excluding carboxylic acids is 3. The fraction of sp³-hybridized carbons (Fsp3) is 0.325. The molecule has 7 heteroatoms. The van der Waals surface area contributed by atoms with Crippen LogP contribution < -0.4 is 5.32 Å². The van der Waals surface area contributed by atoms with Crippen molar-refractivity contribution in [1.82, 2.24) is 10.2 Å². The maximum atomic E-state index is 14.4. The van der Waals surface area contributed by atoms with Crippen molar-refractivity contribution in [3.63, 3.8) is 0 Å². The maximum absolute atomic E-state index is 14.4. The molecule has 1 fully saturated rings. The van der Waals surface area contributed by atoms with Gasteiger partial charge >= 0.3 is 6.09 Å². The predicted octanol–water partition coefficient (Wildman–Crippen LogP) is 7.75. The third kappa shape index (κ3) is 7.62. The largest absolute Gasteiger partial charge is 0.444 e. The standard InChI is InChI=1S/C40H44N2O4S/c1-30(43)39(31-17-9-5-10-18-31)25-27-42(28-26-39)36(44)35(41-37(45)46-38(2,3)4)29-47-40(32-19-11-6-12-20-32,33-21-13-7-14-22-33)34-23-15-8-16-24-34/h5-24,35H,25-29H2,1-4H3,(H,41,45)/t35-/m0/s1. The highest BCUT2D eigenvalue weighted by Gasteiger charge is 2.44. The van der Waals surface area contributed by atoms with Crippen molar-refractivity contribution < 1.29 is 19.1 Å². The summed E-state index contributed by atoms with van der Waals surface area (Å²) in [4.78, 5) is 42.5. The van der Waals surface area contributed by atoms with Crippen LogP contribution in [0.1, 0.15) is 62.8 Å². The molecule has 0 spiro atoms. The third-order valence-corrected chi connectivity index (χ3v) is 10.6. The minimum atomic E-state index is -0.869. The minimum absolute atomic E-state index is 0.105. The third-order valence-electron chi connectivity index (χ3n) is 8.93. The summed E-state index contributed by atoms with van der Waals surface area (Å²) < 4.78 is 4.97. The molecule has 0 bridgehead atoms. The number of thioether (sulfide) groups is 1. The van der Waals surface area contributed by atoms with E-state index in [4.69, 9.17) is 4.74 Å². The van der Waals surface area contributed by atoms with Gasteiger partial charge in [0.05, 0.1) is 10.2 Å². The zero-order chi connectivity index (χ0) is 33.5. The first kappa shape index (κ1) is 34.0. The van der Waals surface area contributed by atoms with Gasteiger partial charge in [0.1, 0.15) is 17.4 Å². The van der Waals surface area contributed by atoms with Crippen molar-refractivity contribution in [2.24, 2.45) is 0 Å². The lowest BCUT2D eigenvalue weighted by Crippen LogP contribution is -2.55. The molecule has 1 aliphatic rings. The van der Waals surface area contributed by atoms with Crippen LogP contribution in [0.25, 0.3) is 0 Å². The number of amides is 2. The second-order valence-corrected chi connectivity index (χ2v) is 14.4. The normalized spacial score (nSPS) is 15.4. The first-order valence-corrected chi connectivity index (χ1v) is 17.2. The van der Waals surface area contributed by atoms with Crippen LogP contribution in [-0.2, 0) is 24.5 Å². The number of hydrogen-bond donors (Lipinski definition) is 1. The highest BCUT2D eigenvalue weighted by molar-refractivity contribution is 8.00. The number of carbonyl (C=O) groups is 3. The Kier molecular flexibility index (Phi) is 10.6. The molecule has 0 radical (unpaired) electrons. The molecule has 1 heterocycles. The van der Waals surface area contributed by atoms with E-state index in [1.807, 2.05) is 84.9 Å². The summed E-state index contributed by atoms with van der Waals surface area (Å²) in [7, 11) is 0. The van der Waals surface area contributed by atoms with Gasteiger partial charge in [-0.25, -0.2) is 4.79 Å². The number of ketones is 1. The van der Waals surface area contributed by atoms with Crippen LogP contribution in [-0.4, -0.2) is 53.2 Å². The van der Waals surface area contributed by atoms with Crippen LogP contribution in [0, 0.1) is 0 Å². The maximum Gasteiger partial charge on any atom is 0.408 e. The molecule has 1 saturated heterocycles. The Morgan fingerprint density at radius 1 is 0.745 bits per heavy atom. The zero-order valence-electron chi connectivity index (χ0n) is 27.6. The summed E-state index contributed by atoms with van der Waals surface area (Å²) in [5.41, 5.74) is 2.82. The number of rotatable bonds is 10. The van der Waals surface area contributed by atoms with Gasteiger partial charge in [-0.15, -0.1) is 11.8 Å². The smallest absolute Gasteiger partial charge is 0.408 e. The molecule has 4 aromatic carbocycles. The van der Waals surface area contributed by atoms with Crippen molar-refractivity contribution >= 4 is 29.5 Å². The van der Waals surface area contributed by atoms with Gasteiger partial charge in [0, 0.05) is 18.8 Å². The van der Waals surface area contributed by atoms with E-state index < -0.39 is 27.9 Å². The average molecular weight is 649 g/mol. The van der Waals surface area contributed by atoms with Crippen molar-refractivity contribution in [2.45, 2.75) is 62.3 Å². The van der Waals surface area contributed by atoms with Gasteiger partial charge in [-0.2, -0.15) is 0 Å². The zero-order valence-corrected chi connectivity index (χ0v) is 28.5. The van der Waals surface area contributed by atoms with E-state index in [-0.39, 0.29) is 17.4 Å². The van der Waals surface area contributed by atoms with Crippen LogP contribution >= 0.6 is 11.8 Å². The summed E-state index contributed by atoms with van der Waals surface area (Å²) in [6, 6.07) is 39.8. The van der Waals surface area contributed by atoms with Gasteiger partial charge in [0.2, 0.25) is 5.91 Å². The molecule has 1 aliphatic heterocycles. The first-order valence-electron chi connectivity index (χ1n) is 16.2. The number of nitrogens with one attached hydrogen (secondary N) is 1. The van der Waals surface area contributed by atoms with Crippen LogP contribution in [0.15, 0.2) is 121 Å². The average Bonchev–Trinajstić information content (AvgIpc) is 3.08. The molecule has 5 rings (SSSR count). The molecule has 47 heavy (non-hydrogen) atoms. The highest BCUT2D eigenvalue weighted by atomic mass is 32.2. The summed E-state index contributed by atoms with van der Waals surface area (Å²) in [5.74, 6) is 0.203. The minimum Gasteiger partial charge on any atom is -0.444 e. The van der Waals surface area contributed by atoms with E-state index in [2.05, 4.69) is 41.7 Å². The first-order chi connectivity index (χ1) is 22.5. The molecule has 1 N–H and O–H groups in total. The summed E-state index contributed by atoms with van der Waals surface area (Å²) in [6.45, 7) is 7.87. The van der Waals surface area contributed by atoms with Gasteiger partial charge in [0.15, 0.2) is 0 Å². The Morgan fingerprint density at radius 2 is 1.17 bits per heavy atom. The van der Waals surface area contributed by atoms with E-state index in [1.54, 1.807) is 44.4 Å². The second kappa shape index (κ2) is 14.6. The fourth-order valence-electron chi connectivity index (χ4n) is 6.53. The van der Waals surface area contributed by atoms with E-state index in [0.29, 0.717) is 25.9 Å². The molecule has 0 aliphatic carbocycles. The predicted molar refractivity (Wildman–Crippen MR) is 189 cm³/mol. The summed E-state index contributed by atoms with van der Waals surface area (Å²) >= 11 is 1.62.